The highest BCUT2D eigenvalue weighted by molar-refractivity contribution is 5.02. The Kier molecular flexibility index (Phi) is 6.98. The molecule has 0 saturated heterocycles. The molecule has 1 aromatic heterocycles. The summed E-state index contributed by atoms with van der Waals surface area (Å²) < 4.78 is 8.10. The molecule has 0 aliphatic rings. The van der Waals surface area contributed by atoms with E-state index in [4.69, 9.17) is 4.74 Å². The van der Waals surface area contributed by atoms with Gasteiger partial charge in [0.1, 0.15) is 5.82 Å². The number of hydrogen-bond acceptors (Lipinski definition) is 3. The van der Waals surface area contributed by atoms with Crippen molar-refractivity contribution in [3.63, 3.8) is 0 Å². The average molecular weight is 253 g/mol. The van der Waals surface area contributed by atoms with Crippen molar-refractivity contribution in [1.29, 1.82) is 0 Å². The molecule has 1 rings (SSSR count). The molecule has 0 bridgehead atoms. The van der Waals surface area contributed by atoms with Gasteiger partial charge in [0, 0.05) is 25.5 Å². The van der Waals surface area contributed by atoms with Crippen LogP contribution < -0.4 is 5.32 Å². The van der Waals surface area contributed by atoms with Crippen molar-refractivity contribution >= 4 is 0 Å². The largest absolute Gasteiger partial charge is 0.376 e. The van der Waals surface area contributed by atoms with Crippen LogP contribution in [0.5, 0.6) is 0 Å². The average Bonchev–Trinajstić information content (AvgIpc) is 2.80. The van der Waals surface area contributed by atoms with Crippen LogP contribution in [-0.4, -0.2) is 29.3 Å². The van der Waals surface area contributed by atoms with Crippen LogP contribution in [0.2, 0.25) is 0 Å². The van der Waals surface area contributed by atoms with Gasteiger partial charge in [0.05, 0.1) is 12.1 Å². The molecule has 4 heteroatoms. The van der Waals surface area contributed by atoms with E-state index in [1.165, 1.54) is 0 Å². The summed E-state index contributed by atoms with van der Waals surface area (Å²) in [6, 6.07) is 0.173. The van der Waals surface area contributed by atoms with E-state index in [1.54, 1.807) is 0 Å². The van der Waals surface area contributed by atoms with Gasteiger partial charge < -0.3 is 14.6 Å². The Morgan fingerprint density at radius 2 is 2.11 bits per heavy atom. The second-order valence-corrected chi connectivity index (χ2v) is 4.53. The fourth-order valence-corrected chi connectivity index (χ4v) is 2.36. The number of rotatable bonds is 9. The first-order valence-corrected chi connectivity index (χ1v) is 7.08. The van der Waals surface area contributed by atoms with Crippen molar-refractivity contribution in [3.8, 4) is 0 Å². The minimum absolute atomic E-state index is 0.173. The zero-order valence-electron chi connectivity index (χ0n) is 12.1. The van der Waals surface area contributed by atoms with Crippen molar-refractivity contribution < 1.29 is 4.74 Å². The molecule has 0 aliphatic carbocycles. The molecule has 0 fully saturated rings. The molecule has 0 aromatic carbocycles. The van der Waals surface area contributed by atoms with Crippen LogP contribution >= 0.6 is 0 Å². The maximum absolute atomic E-state index is 5.88. The second kappa shape index (κ2) is 8.27. The third-order valence-electron chi connectivity index (χ3n) is 3.13. The van der Waals surface area contributed by atoms with Crippen LogP contribution in [0.1, 0.15) is 51.9 Å². The number of nitrogens with zero attached hydrogens (tertiary/aromatic N) is 2. The summed E-state index contributed by atoms with van der Waals surface area (Å²) in [6.07, 6.45) is 7.42. The zero-order valence-corrected chi connectivity index (χ0v) is 12.1. The number of likely N-dealkylation sites (N-methyl/N-ethyl adjacent to an activating group) is 1. The quantitative estimate of drug-likeness (QED) is 0.735. The number of imidazole rings is 1. The van der Waals surface area contributed by atoms with Gasteiger partial charge in [0.25, 0.3) is 0 Å². The summed E-state index contributed by atoms with van der Waals surface area (Å²) in [7, 11) is 1.98. The van der Waals surface area contributed by atoms with Crippen molar-refractivity contribution in [3.05, 3.63) is 18.2 Å². The standard InChI is InChI=1S/C14H27N3O/c1-5-8-12(18-7-3)13(15-4)14-16-9-11-17(14)10-6-2/h9,11-13,15H,5-8,10H2,1-4H3. The highest BCUT2D eigenvalue weighted by Gasteiger charge is 2.25. The van der Waals surface area contributed by atoms with Gasteiger partial charge in [0.15, 0.2) is 0 Å². The maximum Gasteiger partial charge on any atom is 0.128 e. The second-order valence-electron chi connectivity index (χ2n) is 4.53. The van der Waals surface area contributed by atoms with Crippen LogP contribution in [0.3, 0.4) is 0 Å². The first kappa shape index (κ1) is 15.2. The van der Waals surface area contributed by atoms with Crippen molar-refractivity contribution in [2.24, 2.45) is 0 Å². The van der Waals surface area contributed by atoms with Crippen molar-refractivity contribution in [2.45, 2.75) is 58.7 Å². The van der Waals surface area contributed by atoms with Gasteiger partial charge >= 0.3 is 0 Å². The van der Waals surface area contributed by atoms with E-state index >= 15 is 0 Å². The van der Waals surface area contributed by atoms with Gasteiger partial charge in [-0.15, -0.1) is 0 Å². The summed E-state index contributed by atoms with van der Waals surface area (Å²) in [5.74, 6) is 1.09. The first-order chi connectivity index (χ1) is 8.78. The van der Waals surface area contributed by atoms with Gasteiger partial charge in [-0.2, -0.15) is 0 Å². The lowest BCUT2D eigenvalue weighted by Crippen LogP contribution is -2.34. The van der Waals surface area contributed by atoms with Gasteiger partial charge in [-0.3, -0.25) is 0 Å². The van der Waals surface area contributed by atoms with E-state index in [9.17, 15) is 0 Å². The minimum Gasteiger partial charge on any atom is -0.376 e. The summed E-state index contributed by atoms with van der Waals surface area (Å²) in [5.41, 5.74) is 0. The molecule has 2 unspecified atom stereocenters. The highest BCUT2D eigenvalue weighted by Crippen LogP contribution is 2.21. The number of ether oxygens (including phenoxy) is 1. The van der Waals surface area contributed by atoms with E-state index in [1.807, 2.05) is 20.2 Å². The molecule has 4 nitrogen and oxygen atoms in total. The number of nitrogens with one attached hydrogen (secondary N) is 1. The van der Waals surface area contributed by atoms with Crippen LogP contribution in [0.25, 0.3) is 0 Å². The Balaban J connectivity index is 2.87. The smallest absolute Gasteiger partial charge is 0.128 e. The van der Waals surface area contributed by atoms with Crippen LogP contribution in [-0.2, 0) is 11.3 Å². The normalized spacial score (nSPS) is 14.7. The highest BCUT2D eigenvalue weighted by atomic mass is 16.5. The van der Waals surface area contributed by atoms with Crippen LogP contribution in [0, 0.1) is 0 Å². The van der Waals surface area contributed by atoms with Crippen LogP contribution in [0.15, 0.2) is 12.4 Å². The Hall–Kier alpha value is -0.870. The van der Waals surface area contributed by atoms with Gasteiger partial charge in [-0.25, -0.2) is 4.98 Å². The molecule has 0 aliphatic heterocycles. The number of hydrogen-bond donors (Lipinski definition) is 1. The van der Waals surface area contributed by atoms with Crippen LogP contribution in [0.4, 0.5) is 0 Å². The topological polar surface area (TPSA) is 39.1 Å². The SMILES string of the molecule is CCCC(OCC)C(NC)c1nccn1CCC. The van der Waals surface area contributed by atoms with Crippen molar-refractivity contribution in [2.75, 3.05) is 13.7 Å². The summed E-state index contributed by atoms with van der Waals surface area (Å²) in [6.45, 7) is 8.19. The van der Waals surface area contributed by atoms with Gasteiger partial charge in [-0.05, 0) is 26.8 Å². The lowest BCUT2D eigenvalue weighted by Gasteiger charge is -2.26. The van der Waals surface area contributed by atoms with E-state index in [0.29, 0.717) is 0 Å². The Bertz CT molecular complexity index is 319. The number of aromatic nitrogens is 2. The van der Waals surface area contributed by atoms with Gasteiger partial charge in [0.2, 0.25) is 0 Å². The molecular formula is C14H27N3O. The molecule has 1 aromatic rings. The lowest BCUT2D eigenvalue weighted by atomic mass is 10.1. The third-order valence-corrected chi connectivity index (χ3v) is 3.13. The monoisotopic (exact) mass is 253 g/mol. The molecule has 1 heterocycles. The summed E-state index contributed by atoms with van der Waals surface area (Å²) >= 11 is 0. The summed E-state index contributed by atoms with van der Waals surface area (Å²) in [4.78, 5) is 4.51. The first-order valence-electron chi connectivity index (χ1n) is 7.08. The molecule has 0 radical (unpaired) electrons. The predicted molar refractivity (Wildman–Crippen MR) is 74.6 cm³/mol. The van der Waals surface area contributed by atoms with E-state index in [-0.39, 0.29) is 12.1 Å². The van der Waals surface area contributed by atoms with E-state index in [2.05, 4.69) is 34.9 Å². The van der Waals surface area contributed by atoms with Crippen molar-refractivity contribution in [1.82, 2.24) is 14.9 Å². The fourth-order valence-electron chi connectivity index (χ4n) is 2.36. The Morgan fingerprint density at radius 1 is 1.33 bits per heavy atom. The Labute approximate surface area is 111 Å². The number of aryl methyl sites for hydroxylation is 1. The molecule has 18 heavy (non-hydrogen) atoms. The van der Waals surface area contributed by atoms with E-state index in [0.717, 1.165) is 38.2 Å². The fraction of sp³-hybridized carbons (Fsp3) is 0.786. The van der Waals surface area contributed by atoms with E-state index < -0.39 is 0 Å². The molecular weight excluding hydrogens is 226 g/mol. The molecule has 2 atom stereocenters. The third kappa shape index (κ3) is 3.82. The Morgan fingerprint density at radius 3 is 2.67 bits per heavy atom. The predicted octanol–water partition coefficient (Wildman–Crippen LogP) is 2.76. The maximum atomic E-state index is 5.88. The minimum atomic E-state index is 0.173. The molecule has 0 spiro atoms. The molecule has 1 N–H and O–H groups in total. The molecule has 0 saturated carbocycles. The molecule has 104 valence electrons. The zero-order chi connectivity index (χ0) is 13.4. The lowest BCUT2D eigenvalue weighted by molar-refractivity contribution is 0.0265. The molecule has 0 amide bonds. The summed E-state index contributed by atoms with van der Waals surface area (Å²) in [5, 5.41) is 3.36. The van der Waals surface area contributed by atoms with Gasteiger partial charge in [-0.1, -0.05) is 20.3 Å².